The molecule has 0 spiro atoms. The maximum Gasteiger partial charge on any atom is 0.187 e. The largest absolute Gasteiger partial charge is 0.391 e. The highest BCUT2D eigenvalue weighted by Gasteiger charge is 2.20. The highest BCUT2D eigenvalue weighted by molar-refractivity contribution is 5.92. The molecule has 6 heteroatoms. The van der Waals surface area contributed by atoms with E-state index >= 15 is 0 Å². The molecule has 4 aromatic rings. The van der Waals surface area contributed by atoms with Crippen LogP contribution in [0.25, 0.3) is 28.1 Å². The molecule has 0 bridgehead atoms. The van der Waals surface area contributed by atoms with Crippen molar-refractivity contribution in [2.45, 2.75) is 18.9 Å². The van der Waals surface area contributed by atoms with Crippen LogP contribution in [0, 0.1) is 0 Å². The van der Waals surface area contributed by atoms with Crippen LogP contribution < -0.4 is 4.90 Å². The molecule has 6 nitrogen and oxygen atoms in total. The Kier molecular flexibility index (Phi) is 3.57. The van der Waals surface area contributed by atoms with E-state index in [1.54, 1.807) is 0 Å². The number of piperidine rings is 1. The van der Waals surface area contributed by atoms with Crippen molar-refractivity contribution in [2.75, 3.05) is 18.0 Å². The third kappa shape index (κ3) is 2.50. The van der Waals surface area contributed by atoms with Gasteiger partial charge in [0.2, 0.25) is 0 Å². The highest BCUT2D eigenvalue weighted by Crippen LogP contribution is 2.29. The van der Waals surface area contributed by atoms with Gasteiger partial charge in [-0.05, 0) is 37.1 Å². The molecule has 0 amide bonds. The molecule has 5 rings (SSSR count). The van der Waals surface area contributed by atoms with Gasteiger partial charge in [0, 0.05) is 24.7 Å². The molecular weight excluding hydrogens is 326 g/mol. The number of anilines is 1. The average molecular weight is 345 g/mol. The Morgan fingerprint density at radius 2 is 1.96 bits per heavy atom. The third-order valence-corrected chi connectivity index (χ3v) is 4.98. The minimum atomic E-state index is -0.275. The van der Waals surface area contributed by atoms with E-state index in [-0.39, 0.29) is 6.10 Å². The zero-order valence-corrected chi connectivity index (χ0v) is 14.3. The van der Waals surface area contributed by atoms with Crippen LogP contribution in [0.4, 0.5) is 5.69 Å². The second-order valence-corrected chi connectivity index (χ2v) is 6.74. The predicted molar refractivity (Wildman–Crippen MR) is 101 cm³/mol. The van der Waals surface area contributed by atoms with Crippen LogP contribution in [0.2, 0.25) is 0 Å². The van der Waals surface area contributed by atoms with Crippen molar-refractivity contribution in [1.82, 2.24) is 19.6 Å². The van der Waals surface area contributed by atoms with Crippen molar-refractivity contribution in [3.63, 3.8) is 0 Å². The Morgan fingerprint density at radius 3 is 2.88 bits per heavy atom. The number of hydrogen-bond donors (Lipinski definition) is 1. The van der Waals surface area contributed by atoms with Crippen molar-refractivity contribution >= 4 is 22.2 Å². The summed E-state index contributed by atoms with van der Waals surface area (Å²) in [5.41, 5.74) is 3.60. The van der Waals surface area contributed by atoms with Crippen LogP contribution in [-0.4, -0.2) is 43.9 Å². The number of hydrogen-bond acceptors (Lipinski definition) is 5. The lowest BCUT2D eigenvalue weighted by molar-refractivity contribution is 0.154. The molecule has 4 heterocycles. The number of benzene rings is 1. The Balaban J connectivity index is 1.66. The van der Waals surface area contributed by atoms with Crippen LogP contribution in [0.5, 0.6) is 0 Å². The fourth-order valence-electron chi connectivity index (χ4n) is 3.70. The molecule has 26 heavy (non-hydrogen) atoms. The summed E-state index contributed by atoms with van der Waals surface area (Å²) in [6.07, 6.45) is 3.53. The summed E-state index contributed by atoms with van der Waals surface area (Å²) in [4.78, 5) is 7.15. The first kappa shape index (κ1) is 15.3. The van der Waals surface area contributed by atoms with Crippen molar-refractivity contribution < 1.29 is 5.11 Å². The fraction of sp³-hybridized carbons (Fsp3) is 0.250. The van der Waals surface area contributed by atoms with Crippen LogP contribution >= 0.6 is 0 Å². The topological polar surface area (TPSA) is 66.5 Å². The Morgan fingerprint density at radius 1 is 1.00 bits per heavy atom. The number of aliphatic hydroxyl groups excluding tert-OH is 1. The molecule has 3 aromatic heterocycles. The molecular formula is C20H19N5O. The molecule has 130 valence electrons. The minimum Gasteiger partial charge on any atom is -0.391 e. The number of aliphatic hydroxyl groups is 1. The number of rotatable bonds is 2. The van der Waals surface area contributed by atoms with Crippen molar-refractivity contribution in [2.24, 2.45) is 0 Å². The third-order valence-electron chi connectivity index (χ3n) is 4.98. The molecule has 0 aliphatic carbocycles. The van der Waals surface area contributed by atoms with E-state index in [2.05, 4.69) is 33.3 Å². The molecule has 1 fully saturated rings. The molecule has 1 aromatic carbocycles. The zero-order chi connectivity index (χ0) is 17.5. The minimum absolute atomic E-state index is 0.275. The summed E-state index contributed by atoms with van der Waals surface area (Å²) in [7, 11) is 0. The van der Waals surface area contributed by atoms with Crippen LogP contribution in [0.3, 0.4) is 0 Å². The summed E-state index contributed by atoms with van der Waals surface area (Å²) in [6, 6.07) is 16.1. The molecule has 1 unspecified atom stereocenters. The summed E-state index contributed by atoms with van der Waals surface area (Å²) in [5.74, 6) is 0.732. The number of pyridine rings is 2. The van der Waals surface area contributed by atoms with Gasteiger partial charge < -0.3 is 10.0 Å². The number of para-hydroxylation sites is 1. The average Bonchev–Trinajstić information content (AvgIpc) is 3.11. The Hall–Kier alpha value is -2.99. The van der Waals surface area contributed by atoms with Crippen LogP contribution in [0.15, 0.2) is 54.7 Å². The second kappa shape index (κ2) is 6.07. The van der Waals surface area contributed by atoms with Gasteiger partial charge in [-0.2, -0.15) is 0 Å². The first-order chi connectivity index (χ1) is 12.8. The standard InChI is InChI=1S/C20H19N5O/c26-15-6-4-11-24(13-15)17-7-3-5-14-9-10-16(21-19(14)17)20-23-22-18-8-1-2-12-25(18)20/h1-3,5,7-10,12,15,26H,4,6,11,13H2. The van der Waals surface area contributed by atoms with Gasteiger partial charge in [-0.3, -0.25) is 4.40 Å². The normalized spacial score (nSPS) is 17.9. The maximum absolute atomic E-state index is 10.1. The highest BCUT2D eigenvalue weighted by atomic mass is 16.3. The lowest BCUT2D eigenvalue weighted by Gasteiger charge is -2.32. The molecule has 1 saturated heterocycles. The Labute approximate surface area is 150 Å². The van der Waals surface area contributed by atoms with E-state index in [0.29, 0.717) is 6.54 Å². The van der Waals surface area contributed by atoms with Gasteiger partial charge in [0.15, 0.2) is 11.5 Å². The summed E-state index contributed by atoms with van der Waals surface area (Å²) >= 11 is 0. The summed E-state index contributed by atoms with van der Waals surface area (Å²) in [6.45, 7) is 1.59. The smallest absolute Gasteiger partial charge is 0.187 e. The van der Waals surface area contributed by atoms with Gasteiger partial charge in [-0.15, -0.1) is 10.2 Å². The first-order valence-corrected chi connectivity index (χ1v) is 8.92. The van der Waals surface area contributed by atoms with Gasteiger partial charge >= 0.3 is 0 Å². The quantitative estimate of drug-likeness (QED) is 0.605. The maximum atomic E-state index is 10.1. The fourth-order valence-corrected chi connectivity index (χ4v) is 3.70. The first-order valence-electron chi connectivity index (χ1n) is 8.92. The van der Waals surface area contributed by atoms with E-state index in [9.17, 15) is 5.11 Å². The molecule has 1 atom stereocenters. The molecule has 0 saturated carbocycles. The van der Waals surface area contributed by atoms with Gasteiger partial charge in [0.1, 0.15) is 5.69 Å². The molecule has 1 aliphatic rings. The number of aromatic nitrogens is 4. The molecule has 1 N–H and O–H groups in total. The number of nitrogens with zero attached hydrogens (tertiary/aromatic N) is 5. The summed E-state index contributed by atoms with van der Waals surface area (Å²) in [5, 5.41) is 19.7. The van der Waals surface area contributed by atoms with Gasteiger partial charge in [-0.1, -0.05) is 24.3 Å². The molecule has 1 aliphatic heterocycles. The van der Waals surface area contributed by atoms with Crippen molar-refractivity contribution in [3.05, 3.63) is 54.7 Å². The molecule has 0 radical (unpaired) electrons. The summed E-state index contributed by atoms with van der Waals surface area (Å²) < 4.78 is 1.95. The van der Waals surface area contributed by atoms with Gasteiger partial charge in [0.05, 0.1) is 17.3 Å². The monoisotopic (exact) mass is 345 g/mol. The van der Waals surface area contributed by atoms with Crippen molar-refractivity contribution in [1.29, 1.82) is 0 Å². The number of β-amino-alcohol motifs (C(OH)–C–C–N with tert-alkyl or cyclic N) is 1. The predicted octanol–water partition coefficient (Wildman–Crippen LogP) is 2.91. The van der Waals surface area contributed by atoms with E-state index in [4.69, 9.17) is 4.98 Å². The van der Waals surface area contributed by atoms with E-state index in [1.165, 1.54) is 0 Å². The van der Waals surface area contributed by atoms with Crippen molar-refractivity contribution in [3.8, 4) is 11.5 Å². The van der Waals surface area contributed by atoms with E-state index in [1.807, 2.05) is 40.9 Å². The zero-order valence-electron chi connectivity index (χ0n) is 14.3. The van der Waals surface area contributed by atoms with E-state index < -0.39 is 0 Å². The Bertz CT molecular complexity index is 1090. The van der Waals surface area contributed by atoms with Gasteiger partial charge in [-0.25, -0.2) is 4.98 Å². The lowest BCUT2D eigenvalue weighted by atomic mass is 10.1. The van der Waals surface area contributed by atoms with E-state index in [0.717, 1.165) is 53.1 Å². The SMILES string of the molecule is OC1CCCN(c2cccc3ccc(-c4nnc5ccccn45)nc23)C1. The number of fused-ring (bicyclic) bond motifs is 2. The van der Waals surface area contributed by atoms with Crippen LogP contribution in [-0.2, 0) is 0 Å². The van der Waals surface area contributed by atoms with Crippen LogP contribution in [0.1, 0.15) is 12.8 Å². The lowest BCUT2D eigenvalue weighted by Crippen LogP contribution is -2.38. The van der Waals surface area contributed by atoms with Gasteiger partial charge in [0.25, 0.3) is 0 Å². The second-order valence-electron chi connectivity index (χ2n) is 6.74.